The zero-order valence-corrected chi connectivity index (χ0v) is 14.5. The molecule has 4 heteroatoms. The molecule has 0 saturated heterocycles. The lowest BCUT2D eigenvalue weighted by molar-refractivity contribution is 0.414. The Morgan fingerprint density at radius 3 is 2.38 bits per heavy atom. The van der Waals surface area contributed by atoms with Crippen molar-refractivity contribution in [2.75, 3.05) is 19.4 Å². The molecular weight excluding hydrogens is 282 g/mol. The first-order valence-corrected chi connectivity index (χ1v) is 9.26. The largest absolute Gasteiger partial charge is 0.497 e. The van der Waals surface area contributed by atoms with E-state index in [-0.39, 0.29) is 11.3 Å². The van der Waals surface area contributed by atoms with Gasteiger partial charge in [-0.05, 0) is 44.0 Å². The monoisotopic (exact) mass is 311 g/mol. The van der Waals surface area contributed by atoms with Gasteiger partial charge in [-0.15, -0.1) is 0 Å². The van der Waals surface area contributed by atoms with E-state index in [0.717, 1.165) is 37.3 Å². The Morgan fingerprint density at radius 1 is 1.19 bits per heavy atom. The summed E-state index contributed by atoms with van der Waals surface area (Å²) in [5, 5.41) is 3.65. The van der Waals surface area contributed by atoms with Crippen molar-refractivity contribution in [3.63, 3.8) is 0 Å². The van der Waals surface area contributed by atoms with E-state index in [1.165, 1.54) is 5.56 Å². The van der Waals surface area contributed by atoms with Crippen molar-refractivity contribution < 1.29 is 8.95 Å². The van der Waals surface area contributed by atoms with Crippen molar-refractivity contribution in [2.24, 2.45) is 0 Å². The highest BCUT2D eigenvalue weighted by atomic mass is 32.2. The standard InChI is InChI=1S/C17H29NO2S/c1-5-7-13-21(19)14(3)17(18-12-6-2)15-8-10-16(20-4)11-9-15/h8-11,14,17-18H,5-7,12-13H2,1-4H3. The molecule has 0 bridgehead atoms. The third-order valence-electron chi connectivity index (χ3n) is 3.67. The molecule has 1 aromatic carbocycles. The van der Waals surface area contributed by atoms with Gasteiger partial charge < -0.3 is 10.1 Å². The summed E-state index contributed by atoms with van der Waals surface area (Å²) in [4.78, 5) is 0. The van der Waals surface area contributed by atoms with Gasteiger partial charge in [-0.2, -0.15) is 0 Å². The summed E-state index contributed by atoms with van der Waals surface area (Å²) in [6.07, 6.45) is 3.19. The minimum Gasteiger partial charge on any atom is -0.497 e. The number of benzene rings is 1. The average Bonchev–Trinajstić information content (AvgIpc) is 2.53. The number of rotatable bonds is 10. The summed E-state index contributed by atoms with van der Waals surface area (Å²) in [5.41, 5.74) is 1.18. The van der Waals surface area contributed by atoms with Crippen LogP contribution in [-0.2, 0) is 10.8 Å². The van der Waals surface area contributed by atoms with Crippen LogP contribution in [-0.4, -0.2) is 28.9 Å². The molecule has 1 N–H and O–H groups in total. The van der Waals surface area contributed by atoms with E-state index in [4.69, 9.17) is 4.74 Å². The summed E-state index contributed by atoms with van der Waals surface area (Å²) >= 11 is 0. The lowest BCUT2D eigenvalue weighted by atomic mass is 10.0. The second-order valence-electron chi connectivity index (χ2n) is 5.35. The molecule has 0 heterocycles. The minimum atomic E-state index is -0.800. The summed E-state index contributed by atoms with van der Waals surface area (Å²) in [6, 6.07) is 8.21. The molecule has 1 rings (SSSR count). The highest BCUT2D eigenvalue weighted by molar-refractivity contribution is 7.85. The fourth-order valence-electron chi connectivity index (χ4n) is 2.29. The van der Waals surface area contributed by atoms with Gasteiger partial charge in [0.1, 0.15) is 5.75 Å². The Balaban J connectivity index is 2.84. The number of ether oxygens (including phenoxy) is 1. The zero-order chi connectivity index (χ0) is 15.7. The third-order valence-corrected chi connectivity index (χ3v) is 5.46. The van der Waals surface area contributed by atoms with Crippen LogP contribution in [0.4, 0.5) is 0 Å². The minimum absolute atomic E-state index is 0.108. The van der Waals surface area contributed by atoms with Crippen LogP contribution in [0, 0.1) is 0 Å². The molecule has 120 valence electrons. The van der Waals surface area contributed by atoms with E-state index in [1.807, 2.05) is 12.1 Å². The lowest BCUT2D eigenvalue weighted by Crippen LogP contribution is -2.34. The second kappa shape index (κ2) is 9.96. The molecule has 0 aliphatic carbocycles. The van der Waals surface area contributed by atoms with Gasteiger partial charge in [0, 0.05) is 22.6 Å². The maximum Gasteiger partial charge on any atom is 0.118 e. The molecule has 3 unspecified atom stereocenters. The zero-order valence-electron chi connectivity index (χ0n) is 13.7. The number of hydrogen-bond acceptors (Lipinski definition) is 3. The normalized spacial score (nSPS) is 15.4. The maximum atomic E-state index is 12.4. The quantitative estimate of drug-likeness (QED) is 0.716. The topological polar surface area (TPSA) is 38.3 Å². The van der Waals surface area contributed by atoms with Gasteiger partial charge in [-0.1, -0.05) is 32.4 Å². The fraction of sp³-hybridized carbons (Fsp3) is 0.647. The number of nitrogens with one attached hydrogen (secondary N) is 1. The van der Waals surface area contributed by atoms with E-state index in [2.05, 4.69) is 38.2 Å². The SMILES string of the molecule is CCCCS(=O)C(C)C(NCCC)c1ccc(OC)cc1. The average molecular weight is 311 g/mol. The van der Waals surface area contributed by atoms with Crippen LogP contribution in [0.25, 0.3) is 0 Å². The third kappa shape index (κ3) is 5.79. The predicted octanol–water partition coefficient (Wildman–Crippen LogP) is 3.67. The van der Waals surface area contributed by atoms with Crippen molar-refractivity contribution in [2.45, 2.75) is 51.3 Å². The van der Waals surface area contributed by atoms with Crippen molar-refractivity contribution >= 4 is 10.8 Å². The Morgan fingerprint density at radius 2 is 1.86 bits per heavy atom. The van der Waals surface area contributed by atoms with E-state index in [9.17, 15) is 4.21 Å². The molecule has 3 nitrogen and oxygen atoms in total. The van der Waals surface area contributed by atoms with Gasteiger partial charge in [0.25, 0.3) is 0 Å². The molecule has 0 aliphatic heterocycles. The molecule has 21 heavy (non-hydrogen) atoms. The second-order valence-corrected chi connectivity index (χ2v) is 7.26. The van der Waals surface area contributed by atoms with Gasteiger partial charge >= 0.3 is 0 Å². The Kier molecular flexibility index (Phi) is 8.62. The summed E-state index contributed by atoms with van der Waals surface area (Å²) in [6.45, 7) is 7.31. The molecule has 0 amide bonds. The van der Waals surface area contributed by atoms with Crippen molar-refractivity contribution in [3.05, 3.63) is 29.8 Å². The fourth-order valence-corrected chi connectivity index (χ4v) is 3.79. The highest BCUT2D eigenvalue weighted by Crippen LogP contribution is 2.23. The highest BCUT2D eigenvalue weighted by Gasteiger charge is 2.23. The van der Waals surface area contributed by atoms with Crippen LogP contribution in [0.15, 0.2) is 24.3 Å². The number of unbranched alkanes of at least 4 members (excludes halogenated alkanes) is 1. The van der Waals surface area contributed by atoms with Gasteiger partial charge in [0.2, 0.25) is 0 Å². The van der Waals surface area contributed by atoms with Gasteiger partial charge in [0.05, 0.1) is 12.4 Å². The van der Waals surface area contributed by atoms with Crippen LogP contribution in [0.5, 0.6) is 5.75 Å². The summed E-state index contributed by atoms with van der Waals surface area (Å²) in [7, 11) is 0.871. The number of hydrogen-bond donors (Lipinski definition) is 1. The Hall–Kier alpha value is -0.870. The van der Waals surface area contributed by atoms with Gasteiger partial charge in [-0.25, -0.2) is 0 Å². The van der Waals surface area contributed by atoms with Crippen molar-refractivity contribution in [3.8, 4) is 5.75 Å². The molecule has 0 saturated carbocycles. The molecule has 0 aromatic heterocycles. The van der Waals surface area contributed by atoms with E-state index < -0.39 is 10.8 Å². The first kappa shape index (κ1) is 18.2. The molecule has 0 spiro atoms. The van der Waals surface area contributed by atoms with E-state index in [0.29, 0.717) is 0 Å². The molecular formula is C17H29NO2S. The smallest absolute Gasteiger partial charge is 0.118 e. The van der Waals surface area contributed by atoms with Crippen LogP contribution in [0.3, 0.4) is 0 Å². The van der Waals surface area contributed by atoms with E-state index >= 15 is 0 Å². The molecule has 1 aromatic rings. The van der Waals surface area contributed by atoms with Crippen LogP contribution in [0.2, 0.25) is 0 Å². The molecule has 0 fully saturated rings. The first-order chi connectivity index (χ1) is 10.1. The van der Waals surface area contributed by atoms with Crippen LogP contribution in [0.1, 0.15) is 51.6 Å². The van der Waals surface area contributed by atoms with E-state index in [1.54, 1.807) is 7.11 Å². The Bertz CT molecular complexity index is 419. The van der Waals surface area contributed by atoms with Crippen molar-refractivity contribution in [1.29, 1.82) is 0 Å². The lowest BCUT2D eigenvalue weighted by Gasteiger charge is -2.25. The summed E-state index contributed by atoms with van der Waals surface area (Å²) < 4.78 is 17.7. The van der Waals surface area contributed by atoms with Crippen molar-refractivity contribution in [1.82, 2.24) is 5.32 Å². The molecule has 0 radical (unpaired) electrons. The maximum absolute atomic E-state index is 12.4. The van der Waals surface area contributed by atoms with Crippen LogP contribution < -0.4 is 10.1 Å². The first-order valence-electron chi connectivity index (χ1n) is 7.88. The van der Waals surface area contributed by atoms with Gasteiger partial charge in [0.15, 0.2) is 0 Å². The summed E-state index contributed by atoms with van der Waals surface area (Å²) in [5.74, 6) is 1.64. The predicted molar refractivity (Wildman–Crippen MR) is 91.4 cm³/mol. The molecule has 0 aliphatic rings. The van der Waals surface area contributed by atoms with Gasteiger partial charge in [-0.3, -0.25) is 4.21 Å². The Labute approximate surface area is 131 Å². The van der Waals surface area contributed by atoms with Crippen LogP contribution >= 0.6 is 0 Å². The number of methoxy groups -OCH3 is 1. The molecule has 3 atom stereocenters.